The number of ether oxygens (including phenoxy) is 2. The number of nitrogens with zero attached hydrogens (tertiary/aromatic N) is 1. The van der Waals surface area contributed by atoms with E-state index in [1.807, 2.05) is 0 Å². The van der Waals surface area contributed by atoms with Crippen molar-refractivity contribution >= 4 is 5.97 Å². The molecule has 2 aromatic rings. The van der Waals surface area contributed by atoms with Crippen molar-refractivity contribution in [1.82, 2.24) is 9.55 Å². The molecule has 0 amide bonds. The summed E-state index contributed by atoms with van der Waals surface area (Å²) in [5.74, 6) is -1.15. The number of benzene rings is 1. The van der Waals surface area contributed by atoms with Gasteiger partial charge in [0.25, 0.3) is 5.56 Å². The van der Waals surface area contributed by atoms with E-state index in [1.54, 1.807) is 44.2 Å². The normalized spacial score (nSPS) is 26.4. The Labute approximate surface area is 148 Å². The van der Waals surface area contributed by atoms with E-state index < -0.39 is 47.7 Å². The fourth-order valence-electron chi connectivity index (χ4n) is 3.06. The number of halogens is 1. The molecule has 1 unspecified atom stereocenters. The summed E-state index contributed by atoms with van der Waals surface area (Å²) in [6, 6.07) is 9.57. The van der Waals surface area contributed by atoms with Crippen LogP contribution in [0.15, 0.2) is 52.2 Å². The minimum atomic E-state index is -1.50. The molecule has 1 aliphatic rings. The molecule has 0 aliphatic carbocycles. The van der Waals surface area contributed by atoms with Gasteiger partial charge in [0, 0.05) is 18.2 Å². The monoisotopic (exact) mass is 362 g/mol. The van der Waals surface area contributed by atoms with Crippen molar-refractivity contribution in [3.8, 4) is 0 Å². The van der Waals surface area contributed by atoms with E-state index >= 15 is 0 Å². The van der Waals surface area contributed by atoms with E-state index in [0.29, 0.717) is 5.56 Å². The third-order valence-electron chi connectivity index (χ3n) is 4.48. The van der Waals surface area contributed by atoms with Crippen LogP contribution in [0.1, 0.15) is 30.4 Å². The topological polar surface area (TPSA) is 90.4 Å². The van der Waals surface area contributed by atoms with Crippen LogP contribution < -0.4 is 11.2 Å². The van der Waals surface area contributed by atoms with Gasteiger partial charge in [-0.2, -0.15) is 0 Å². The van der Waals surface area contributed by atoms with E-state index in [4.69, 9.17) is 9.47 Å². The molecule has 0 radical (unpaired) electrons. The van der Waals surface area contributed by atoms with Crippen molar-refractivity contribution in [2.24, 2.45) is 5.92 Å². The fourth-order valence-corrected chi connectivity index (χ4v) is 3.06. The van der Waals surface area contributed by atoms with Crippen LogP contribution in [0.5, 0.6) is 0 Å². The number of aromatic amines is 1. The first-order chi connectivity index (χ1) is 12.4. The number of aromatic nitrogens is 2. The van der Waals surface area contributed by atoms with Gasteiger partial charge in [-0.3, -0.25) is 14.3 Å². The number of carbonyl (C=O) groups is 1. The number of alkyl halides is 1. The predicted octanol–water partition coefficient (Wildman–Crippen LogP) is 1.65. The summed E-state index contributed by atoms with van der Waals surface area (Å²) in [6.45, 7) is 3.24. The zero-order valence-electron chi connectivity index (χ0n) is 14.3. The highest BCUT2D eigenvalue weighted by atomic mass is 19.1. The van der Waals surface area contributed by atoms with Crippen molar-refractivity contribution in [3.05, 3.63) is 69.0 Å². The van der Waals surface area contributed by atoms with Crippen LogP contribution in [0.2, 0.25) is 0 Å². The summed E-state index contributed by atoms with van der Waals surface area (Å²) in [4.78, 5) is 37.3. The molecule has 7 nitrogen and oxygen atoms in total. The van der Waals surface area contributed by atoms with Gasteiger partial charge in [-0.1, -0.05) is 25.1 Å². The number of hydrogen-bond donors (Lipinski definition) is 1. The van der Waals surface area contributed by atoms with Gasteiger partial charge < -0.3 is 9.47 Å². The molecular weight excluding hydrogens is 343 g/mol. The van der Waals surface area contributed by atoms with Gasteiger partial charge in [0.2, 0.25) is 0 Å². The molecule has 138 valence electrons. The molecule has 5 atom stereocenters. The molecule has 1 fully saturated rings. The Hall–Kier alpha value is -2.74. The Balaban J connectivity index is 1.75. The first kappa shape index (κ1) is 18.1. The number of nitrogens with one attached hydrogen (secondary N) is 1. The lowest BCUT2D eigenvalue weighted by Gasteiger charge is -2.23. The minimum Gasteiger partial charge on any atom is -0.456 e. The van der Waals surface area contributed by atoms with Gasteiger partial charge in [-0.15, -0.1) is 0 Å². The molecule has 0 saturated carbocycles. The number of H-pyrrole nitrogens is 1. The fraction of sp³-hybridized carbons (Fsp3) is 0.389. The Morgan fingerprint density at radius 1 is 1.27 bits per heavy atom. The van der Waals surface area contributed by atoms with Crippen LogP contribution in [0, 0.1) is 5.92 Å². The maximum atomic E-state index is 14.7. The van der Waals surface area contributed by atoms with Crippen LogP contribution in [-0.2, 0) is 9.47 Å². The lowest BCUT2D eigenvalue weighted by molar-refractivity contribution is -0.0759. The molecule has 1 N–H and O–H groups in total. The molecule has 0 spiro atoms. The number of carbonyl (C=O) groups excluding carboxylic acids is 1. The number of hydrogen-bond acceptors (Lipinski definition) is 5. The molecule has 1 aromatic carbocycles. The summed E-state index contributed by atoms with van der Waals surface area (Å²) in [5.41, 5.74) is -0.948. The van der Waals surface area contributed by atoms with E-state index in [9.17, 15) is 18.8 Å². The largest absolute Gasteiger partial charge is 0.456 e. The van der Waals surface area contributed by atoms with Crippen LogP contribution in [0.3, 0.4) is 0 Å². The first-order valence-corrected chi connectivity index (χ1v) is 8.25. The van der Waals surface area contributed by atoms with Crippen LogP contribution in [-0.4, -0.2) is 33.9 Å². The van der Waals surface area contributed by atoms with Gasteiger partial charge in [0.15, 0.2) is 12.4 Å². The predicted molar refractivity (Wildman–Crippen MR) is 90.6 cm³/mol. The number of esters is 1. The second-order valence-electron chi connectivity index (χ2n) is 6.29. The van der Waals surface area contributed by atoms with E-state index in [2.05, 4.69) is 4.98 Å². The maximum absolute atomic E-state index is 14.7. The standard InChI is InChI=1S/C18H19FN2O5/c1-10-14(19)16(21-9-8-13(22)20-18(21)24)26-15(10)11(2)25-17(23)12-6-4-3-5-7-12/h3-11,14-16H,1-2H3,(H,20,22,24)/t10-,11+,14+,15?,16+/m0/s1. The second-order valence-corrected chi connectivity index (χ2v) is 6.29. The van der Waals surface area contributed by atoms with Gasteiger partial charge in [0.1, 0.15) is 12.2 Å². The highest BCUT2D eigenvalue weighted by Gasteiger charge is 2.47. The SMILES string of the molecule is C[C@@H]1C([C@@H](C)OC(=O)c2ccccc2)O[C@@H](n2ccc(=O)[nH]c2=O)[C@@H]1F. The average Bonchev–Trinajstić information content (AvgIpc) is 2.91. The smallest absolute Gasteiger partial charge is 0.338 e. The molecule has 26 heavy (non-hydrogen) atoms. The van der Waals surface area contributed by atoms with Crippen molar-refractivity contribution in [1.29, 1.82) is 0 Å². The van der Waals surface area contributed by atoms with Gasteiger partial charge >= 0.3 is 11.7 Å². The molecule has 2 heterocycles. The van der Waals surface area contributed by atoms with Gasteiger partial charge in [-0.05, 0) is 19.1 Å². The molecular formula is C18H19FN2O5. The summed E-state index contributed by atoms with van der Waals surface area (Å²) >= 11 is 0. The van der Waals surface area contributed by atoms with E-state index in [-0.39, 0.29) is 0 Å². The molecule has 8 heteroatoms. The summed E-state index contributed by atoms with van der Waals surface area (Å²) < 4.78 is 26.8. The van der Waals surface area contributed by atoms with Crippen LogP contribution in [0.4, 0.5) is 4.39 Å². The molecule has 0 bridgehead atoms. The Morgan fingerprint density at radius 3 is 2.62 bits per heavy atom. The summed E-state index contributed by atoms with van der Waals surface area (Å²) in [6.07, 6.45) is -2.96. The molecule has 1 aromatic heterocycles. The third-order valence-corrected chi connectivity index (χ3v) is 4.48. The highest BCUT2D eigenvalue weighted by molar-refractivity contribution is 5.89. The summed E-state index contributed by atoms with van der Waals surface area (Å²) in [7, 11) is 0. The van der Waals surface area contributed by atoms with Gasteiger partial charge in [0.05, 0.1) is 5.56 Å². The van der Waals surface area contributed by atoms with Crippen molar-refractivity contribution in [2.45, 2.75) is 38.5 Å². The maximum Gasteiger partial charge on any atom is 0.338 e. The van der Waals surface area contributed by atoms with E-state index in [1.165, 1.54) is 6.20 Å². The van der Waals surface area contributed by atoms with Crippen LogP contribution >= 0.6 is 0 Å². The second kappa shape index (κ2) is 7.25. The molecule has 1 aliphatic heterocycles. The van der Waals surface area contributed by atoms with E-state index in [0.717, 1.165) is 10.6 Å². The Kier molecular flexibility index (Phi) is 5.03. The quantitative estimate of drug-likeness (QED) is 0.836. The highest BCUT2D eigenvalue weighted by Crippen LogP contribution is 2.37. The zero-order chi connectivity index (χ0) is 18.8. The van der Waals surface area contributed by atoms with Crippen molar-refractivity contribution in [3.63, 3.8) is 0 Å². The van der Waals surface area contributed by atoms with Crippen molar-refractivity contribution < 1.29 is 18.7 Å². The Bertz CT molecular complexity index is 894. The van der Waals surface area contributed by atoms with Crippen molar-refractivity contribution in [2.75, 3.05) is 0 Å². The first-order valence-electron chi connectivity index (χ1n) is 8.25. The number of rotatable bonds is 4. The molecule has 3 rings (SSSR count). The third kappa shape index (κ3) is 3.45. The Morgan fingerprint density at radius 2 is 1.96 bits per heavy atom. The van der Waals surface area contributed by atoms with Crippen LogP contribution in [0.25, 0.3) is 0 Å². The lowest BCUT2D eigenvalue weighted by Crippen LogP contribution is -2.34. The van der Waals surface area contributed by atoms with Gasteiger partial charge in [-0.25, -0.2) is 14.0 Å². The minimum absolute atomic E-state index is 0.384. The molecule has 1 saturated heterocycles. The lowest BCUT2D eigenvalue weighted by atomic mass is 9.98. The summed E-state index contributed by atoms with van der Waals surface area (Å²) in [5, 5.41) is 0. The zero-order valence-corrected chi connectivity index (χ0v) is 14.3. The average molecular weight is 362 g/mol.